The molecular formula is C14H21NOS. The van der Waals surface area contributed by atoms with Crippen LogP contribution in [-0.4, -0.2) is 30.3 Å². The highest BCUT2D eigenvalue weighted by atomic mass is 32.2. The molecule has 17 heavy (non-hydrogen) atoms. The summed E-state index contributed by atoms with van der Waals surface area (Å²) in [5, 5.41) is 12.9. The molecule has 1 aromatic carbocycles. The van der Waals surface area contributed by atoms with Gasteiger partial charge in [0.05, 0.1) is 0 Å². The van der Waals surface area contributed by atoms with Crippen LogP contribution in [0.2, 0.25) is 0 Å². The SMILES string of the molecule is CSCC(NCC1(CO)CC1)c1ccccc1. The van der Waals surface area contributed by atoms with Crippen molar-refractivity contribution >= 4 is 11.8 Å². The van der Waals surface area contributed by atoms with Crippen molar-refractivity contribution in [1.29, 1.82) is 0 Å². The second kappa shape index (κ2) is 5.89. The highest BCUT2D eigenvalue weighted by molar-refractivity contribution is 7.98. The van der Waals surface area contributed by atoms with Crippen LogP contribution in [0, 0.1) is 5.41 Å². The number of benzene rings is 1. The summed E-state index contributed by atoms with van der Waals surface area (Å²) in [6.07, 6.45) is 4.46. The Hall–Kier alpha value is -0.510. The Bertz CT molecular complexity index is 337. The van der Waals surface area contributed by atoms with Crippen molar-refractivity contribution < 1.29 is 5.11 Å². The van der Waals surface area contributed by atoms with Crippen molar-refractivity contribution in [2.45, 2.75) is 18.9 Å². The lowest BCUT2D eigenvalue weighted by molar-refractivity contribution is 0.205. The van der Waals surface area contributed by atoms with E-state index in [-0.39, 0.29) is 5.41 Å². The van der Waals surface area contributed by atoms with Crippen molar-refractivity contribution in [1.82, 2.24) is 5.32 Å². The predicted octanol–water partition coefficient (Wildman–Crippen LogP) is 2.45. The molecule has 2 N–H and O–H groups in total. The van der Waals surface area contributed by atoms with Crippen molar-refractivity contribution in [2.24, 2.45) is 5.41 Å². The molecule has 2 nitrogen and oxygen atoms in total. The third-order valence-electron chi connectivity index (χ3n) is 3.55. The summed E-state index contributed by atoms with van der Waals surface area (Å²) in [7, 11) is 0. The summed E-state index contributed by atoms with van der Waals surface area (Å²) in [5.41, 5.74) is 1.53. The van der Waals surface area contributed by atoms with Gasteiger partial charge in [0, 0.05) is 30.4 Å². The average molecular weight is 251 g/mol. The summed E-state index contributed by atoms with van der Waals surface area (Å²) in [6, 6.07) is 11.0. The van der Waals surface area contributed by atoms with Crippen LogP contribution in [0.1, 0.15) is 24.4 Å². The van der Waals surface area contributed by atoms with Crippen molar-refractivity contribution in [3.8, 4) is 0 Å². The maximum absolute atomic E-state index is 9.32. The van der Waals surface area contributed by atoms with Gasteiger partial charge in [0.25, 0.3) is 0 Å². The van der Waals surface area contributed by atoms with Gasteiger partial charge in [-0.1, -0.05) is 30.3 Å². The van der Waals surface area contributed by atoms with Gasteiger partial charge >= 0.3 is 0 Å². The lowest BCUT2D eigenvalue weighted by Crippen LogP contribution is -2.31. The van der Waals surface area contributed by atoms with Crippen LogP contribution in [0.5, 0.6) is 0 Å². The average Bonchev–Trinajstić information content (AvgIpc) is 3.16. The number of hydrogen-bond acceptors (Lipinski definition) is 3. The maximum Gasteiger partial charge on any atom is 0.0499 e. The lowest BCUT2D eigenvalue weighted by Gasteiger charge is -2.21. The van der Waals surface area contributed by atoms with Gasteiger partial charge in [0.2, 0.25) is 0 Å². The van der Waals surface area contributed by atoms with Crippen molar-refractivity contribution in [2.75, 3.05) is 25.2 Å². The first-order chi connectivity index (χ1) is 8.29. The van der Waals surface area contributed by atoms with Gasteiger partial charge in [-0.05, 0) is 24.7 Å². The molecule has 1 saturated carbocycles. The standard InChI is InChI=1S/C14H21NOS/c1-17-9-13(12-5-3-2-4-6-12)15-10-14(11-16)7-8-14/h2-6,13,15-16H,7-11H2,1H3. The van der Waals surface area contributed by atoms with Crippen molar-refractivity contribution in [3.05, 3.63) is 35.9 Å². The van der Waals surface area contributed by atoms with E-state index in [9.17, 15) is 5.11 Å². The molecule has 1 unspecified atom stereocenters. The fraction of sp³-hybridized carbons (Fsp3) is 0.571. The molecule has 1 atom stereocenters. The second-order valence-electron chi connectivity index (χ2n) is 4.96. The highest BCUT2D eigenvalue weighted by Crippen LogP contribution is 2.44. The molecule has 1 aliphatic rings. The number of rotatable bonds is 7. The lowest BCUT2D eigenvalue weighted by atomic mass is 10.1. The van der Waals surface area contributed by atoms with Crippen LogP contribution >= 0.6 is 11.8 Å². The summed E-state index contributed by atoms with van der Waals surface area (Å²) in [6.45, 7) is 1.25. The van der Waals surface area contributed by atoms with Gasteiger partial charge in [-0.15, -0.1) is 0 Å². The smallest absolute Gasteiger partial charge is 0.0499 e. The molecule has 0 spiro atoms. The zero-order valence-electron chi connectivity index (χ0n) is 10.4. The Balaban J connectivity index is 1.93. The number of aliphatic hydroxyl groups excluding tert-OH is 1. The number of nitrogens with one attached hydrogen (secondary N) is 1. The summed E-state index contributed by atoms with van der Waals surface area (Å²) >= 11 is 1.86. The molecule has 0 bridgehead atoms. The predicted molar refractivity (Wildman–Crippen MR) is 74.3 cm³/mol. The van der Waals surface area contributed by atoms with E-state index in [2.05, 4.69) is 41.9 Å². The molecule has 0 aliphatic heterocycles. The molecule has 0 heterocycles. The topological polar surface area (TPSA) is 32.3 Å². The first-order valence-electron chi connectivity index (χ1n) is 6.18. The van der Waals surface area contributed by atoms with Gasteiger partial charge in [-0.2, -0.15) is 11.8 Å². The molecule has 0 saturated heterocycles. The third-order valence-corrected chi connectivity index (χ3v) is 4.22. The van der Waals surface area contributed by atoms with E-state index in [1.54, 1.807) is 0 Å². The Morgan fingerprint density at radius 3 is 2.59 bits per heavy atom. The molecular weight excluding hydrogens is 230 g/mol. The summed E-state index contributed by atoms with van der Waals surface area (Å²) in [5.74, 6) is 1.07. The Kier molecular flexibility index (Phi) is 4.48. The molecule has 0 radical (unpaired) electrons. The minimum atomic E-state index is 0.186. The first kappa shape index (κ1) is 12.9. The van der Waals surface area contributed by atoms with Gasteiger partial charge in [-0.3, -0.25) is 0 Å². The molecule has 0 aromatic heterocycles. The van der Waals surface area contributed by atoms with E-state index in [4.69, 9.17) is 0 Å². The minimum Gasteiger partial charge on any atom is -0.396 e. The summed E-state index contributed by atoms with van der Waals surface area (Å²) < 4.78 is 0. The normalized spacial score (nSPS) is 18.9. The fourth-order valence-corrected chi connectivity index (χ4v) is 2.68. The van der Waals surface area contributed by atoms with E-state index in [0.29, 0.717) is 12.6 Å². The molecule has 2 rings (SSSR count). The van der Waals surface area contributed by atoms with E-state index < -0.39 is 0 Å². The third kappa shape index (κ3) is 3.47. The van der Waals surface area contributed by atoms with Crippen LogP contribution in [-0.2, 0) is 0 Å². The van der Waals surface area contributed by atoms with Crippen LogP contribution in [0.4, 0.5) is 0 Å². The monoisotopic (exact) mass is 251 g/mol. The van der Waals surface area contributed by atoms with Gasteiger partial charge in [-0.25, -0.2) is 0 Å². The maximum atomic E-state index is 9.32. The molecule has 1 aliphatic carbocycles. The molecule has 0 amide bonds. The quantitative estimate of drug-likeness (QED) is 0.781. The Labute approximate surface area is 108 Å². The zero-order valence-corrected chi connectivity index (χ0v) is 11.2. The van der Waals surface area contributed by atoms with E-state index in [1.165, 1.54) is 5.56 Å². The zero-order chi connectivity index (χ0) is 12.1. The van der Waals surface area contributed by atoms with Crippen molar-refractivity contribution in [3.63, 3.8) is 0 Å². The number of thioether (sulfide) groups is 1. The largest absolute Gasteiger partial charge is 0.396 e. The van der Waals surface area contributed by atoms with Gasteiger partial charge < -0.3 is 10.4 Å². The second-order valence-corrected chi connectivity index (χ2v) is 5.87. The summed E-state index contributed by atoms with van der Waals surface area (Å²) in [4.78, 5) is 0. The molecule has 3 heteroatoms. The van der Waals surface area contributed by atoms with Crippen LogP contribution < -0.4 is 5.32 Å². The van der Waals surface area contributed by atoms with Gasteiger partial charge in [0.15, 0.2) is 0 Å². The Morgan fingerprint density at radius 1 is 1.35 bits per heavy atom. The molecule has 1 aromatic rings. The molecule has 94 valence electrons. The van der Waals surface area contributed by atoms with E-state index >= 15 is 0 Å². The number of hydrogen-bond donors (Lipinski definition) is 2. The highest BCUT2D eigenvalue weighted by Gasteiger charge is 2.41. The fourth-order valence-electron chi connectivity index (χ4n) is 2.03. The number of aliphatic hydroxyl groups is 1. The minimum absolute atomic E-state index is 0.186. The Morgan fingerprint density at radius 2 is 2.06 bits per heavy atom. The van der Waals surface area contributed by atoms with Crippen LogP contribution in [0.25, 0.3) is 0 Å². The van der Waals surface area contributed by atoms with Crippen LogP contribution in [0.3, 0.4) is 0 Å². The van der Waals surface area contributed by atoms with Crippen LogP contribution in [0.15, 0.2) is 30.3 Å². The molecule has 1 fully saturated rings. The van der Waals surface area contributed by atoms with Gasteiger partial charge in [0.1, 0.15) is 0 Å². The first-order valence-corrected chi connectivity index (χ1v) is 7.57. The van der Waals surface area contributed by atoms with E-state index in [1.807, 2.05) is 11.8 Å². The van der Waals surface area contributed by atoms with E-state index in [0.717, 1.165) is 25.1 Å².